The van der Waals surface area contributed by atoms with E-state index in [1.807, 2.05) is 33.2 Å². The van der Waals surface area contributed by atoms with Gasteiger partial charge >= 0.3 is 0 Å². The third-order valence-corrected chi connectivity index (χ3v) is 2.91. The summed E-state index contributed by atoms with van der Waals surface area (Å²) in [5.74, 6) is 6.42. The summed E-state index contributed by atoms with van der Waals surface area (Å²) in [6, 6.07) is 1.79. The molecule has 2 heterocycles. The van der Waals surface area contributed by atoms with Crippen LogP contribution in [0.2, 0.25) is 0 Å². The summed E-state index contributed by atoms with van der Waals surface area (Å²) >= 11 is 0. The molecule has 6 heteroatoms. The van der Waals surface area contributed by atoms with Gasteiger partial charge in [0.15, 0.2) is 0 Å². The summed E-state index contributed by atoms with van der Waals surface area (Å²) < 4.78 is 7.23. The molecule has 6 nitrogen and oxygen atoms in total. The molecule has 0 bridgehead atoms. The fraction of sp³-hybridized carbons (Fsp3) is 0.385. The highest BCUT2D eigenvalue weighted by atomic mass is 16.5. The van der Waals surface area contributed by atoms with Crippen molar-refractivity contribution in [3.63, 3.8) is 0 Å². The van der Waals surface area contributed by atoms with Crippen molar-refractivity contribution in [2.45, 2.75) is 19.9 Å². The van der Waals surface area contributed by atoms with Crippen LogP contribution in [0, 0.1) is 6.92 Å². The van der Waals surface area contributed by atoms with E-state index in [1.165, 1.54) is 0 Å². The zero-order valence-electron chi connectivity index (χ0n) is 11.4. The standard InChI is InChI=1S/C13H19N5O/c1-4-19-11-5-10(6-15-7-11)13(16-14)12-8-18(3)17-9(12)2/h5-8,13,16H,4,14H2,1-3H3. The van der Waals surface area contributed by atoms with Gasteiger partial charge in [0.1, 0.15) is 5.75 Å². The number of ether oxygens (including phenoxy) is 1. The van der Waals surface area contributed by atoms with Crippen LogP contribution in [-0.4, -0.2) is 21.4 Å². The normalized spacial score (nSPS) is 12.4. The predicted octanol–water partition coefficient (Wildman–Crippen LogP) is 1.07. The number of nitrogens with one attached hydrogen (secondary N) is 1. The molecule has 0 aliphatic heterocycles. The zero-order valence-corrected chi connectivity index (χ0v) is 11.4. The smallest absolute Gasteiger partial charge is 0.137 e. The van der Waals surface area contributed by atoms with Crippen molar-refractivity contribution in [3.05, 3.63) is 41.5 Å². The lowest BCUT2D eigenvalue weighted by Crippen LogP contribution is -2.29. The number of rotatable bonds is 5. The minimum Gasteiger partial charge on any atom is -0.492 e. The van der Waals surface area contributed by atoms with Crippen molar-refractivity contribution >= 4 is 0 Å². The molecule has 1 atom stereocenters. The summed E-state index contributed by atoms with van der Waals surface area (Å²) in [6.07, 6.45) is 5.42. The number of pyridine rings is 1. The highest BCUT2D eigenvalue weighted by Gasteiger charge is 2.18. The average Bonchev–Trinajstić information content (AvgIpc) is 2.71. The third kappa shape index (κ3) is 2.91. The second-order valence-corrected chi connectivity index (χ2v) is 4.33. The lowest BCUT2D eigenvalue weighted by atomic mass is 10.0. The molecule has 19 heavy (non-hydrogen) atoms. The van der Waals surface area contributed by atoms with Crippen LogP contribution in [0.1, 0.15) is 29.8 Å². The predicted molar refractivity (Wildman–Crippen MR) is 72.5 cm³/mol. The van der Waals surface area contributed by atoms with Gasteiger partial charge in [0.25, 0.3) is 0 Å². The Morgan fingerprint density at radius 2 is 2.26 bits per heavy atom. The van der Waals surface area contributed by atoms with E-state index in [0.29, 0.717) is 6.61 Å². The highest BCUT2D eigenvalue weighted by Crippen LogP contribution is 2.25. The van der Waals surface area contributed by atoms with Crippen LogP contribution in [0.15, 0.2) is 24.7 Å². The summed E-state index contributed by atoms with van der Waals surface area (Å²) in [4.78, 5) is 4.19. The molecule has 2 rings (SSSR count). The minimum atomic E-state index is -0.151. The fourth-order valence-corrected chi connectivity index (χ4v) is 2.11. The number of hydrazine groups is 1. The first-order chi connectivity index (χ1) is 9.15. The fourth-order valence-electron chi connectivity index (χ4n) is 2.11. The quantitative estimate of drug-likeness (QED) is 0.622. The molecule has 0 spiro atoms. The first-order valence-electron chi connectivity index (χ1n) is 6.19. The lowest BCUT2D eigenvalue weighted by molar-refractivity contribution is 0.338. The Kier molecular flexibility index (Phi) is 4.13. The molecule has 0 aliphatic carbocycles. The zero-order chi connectivity index (χ0) is 13.8. The van der Waals surface area contributed by atoms with Gasteiger partial charge in [0.2, 0.25) is 0 Å². The Balaban J connectivity index is 2.36. The second-order valence-electron chi connectivity index (χ2n) is 4.33. The van der Waals surface area contributed by atoms with Gasteiger partial charge in [0.05, 0.1) is 24.5 Å². The van der Waals surface area contributed by atoms with Crippen LogP contribution in [-0.2, 0) is 7.05 Å². The lowest BCUT2D eigenvalue weighted by Gasteiger charge is -2.16. The Labute approximate surface area is 112 Å². The van der Waals surface area contributed by atoms with Crippen molar-refractivity contribution in [2.75, 3.05) is 6.61 Å². The van der Waals surface area contributed by atoms with Crippen LogP contribution in [0.3, 0.4) is 0 Å². The summed E-state index contributed by atoms with van der Waals surface area (Å²) in [7, 11) is 1.89. The molecule has 0 saturated carbocycles. The molecule has 0 aromatic carbocycles. The molecule has 102 valence electrons. The number of aryl methyl sites for hydroxylation is 2. The molecule has 2 aromatic rings. The maximum atomic E-state index is 5.68. The minimum absolute atomic E-state index is 0.151. The van der Waals surface area contributed by atoms with E-state index >= 15 is 0 Å². The molecule has 0 saturated heterocycles. The second kappa shape index (κ2) is 5.81. The maximum Gasteiger partial charge on any atom is 0.137 e. The van der Waals surface area contributed by atoms with E-state index in [1.54, 1.807) is 17.1 Å². The van der Waals surface area contributed by atoms with E-state index in [-0.39, 0.29) is 6.04 Å². The van der Waals surface area contributed by atoms with Gasteiger partial charge in [-0.25, -0.2) is 5.43 Å². The van der Waals surface area contributed by atoms with Crippen LogP contribution in [0.5, 0.6) is 5.75 Å². The number of hydrogen-bond donors (Lipinski definition) is 2. The van der Waals surface area contributed by atoms with Gasteiger partial charge < -0.3 is 4.74 Å². The van der Waals surface area contributed by atoms with Crippen LogP contribution < -0.4 is 16.0 Å². The average molecular weight is 261 g/mol. The monoisotopic (exact) mass is 261 g/mol. The molecule has 3 N–H and O–H groups in total. The van der Waals surface area contributed by atoms with Crippen LogP contribution >= 0.6 is 0 Å². The molecular weight excluding hydrogens is 242 g/mol. The van der Waals surface area contributed by atoms with E-state index in [4.69, 9.17) is 10.6 Å². The largest absolute Gasteiger partial charge is 0.492 e. The van der Waals surface area contributed by atoms with Crippen molar-refractivity contribution in [3.8, 4) is 5.75 Å². The molecule has 2 aromatic heterocycles. The number of nitrogens with two attached hydrogens (primary N) is 1. The van der Waals surface area contributed by atoms with Gasteiger partial charge in [-0.05, 0) is 25.5 Å². The summed E-state index contributed by atoms with van der Waals surface area (Å²) in [5.41, 5.74) is 5.72. The third-order valence-electron chi connectivity index (χ3n) is 2.91. The first kappa shape index (κ1) is 13.5. The van der Waals surface area contributed by atoms with Crippen LogP contribution in [0.4, 0.5) is 0 Å². The Morgan fingerprint density at radius 3 is 2.84 bits per heavy atom. The SMILES string of the molecule is CCOc1cncc(C(NN)c2cn(C)nc2C)c1. The number of nitrogens with zero attached hydrogens (tertiary/aromatic N) is 3. The molecule has 0 amide bonds. The number of hydrogen-bond acceptors (Lipinski definition) is 5. The van der Waals surface area contributed by atoms with Crippen LogP contribution in [0.25, 0.3) is 0 Å². The molecule has 0 radical (unpaired) electrons. The van der Waals surface area contributed by atoms with Crippen molar-refractivity contribution in [1.82, 2.24) is 20.2 Å². The van der Waals surface area contributed by atoms with E-state index in [9.17, 15) is 0 Å². The van der Waals surface area contributed by atoms with E-state index in [0.717, 1.165) is 22.6 Å². The van der Waals surface area contributed by atoms with E-state index < -0.39 is 0 Å². The molecule has 0 aliphatic rings. The Bertz CT molecular complexity index is 552. The first-order valence-corrected chi connectivity index (χ1v) is 6.19. The van der Waals surface area contributed by atoms with Crippen molar-refractivity contribution < 1.29 is 4.74 Å². The van der Waals surface area contributed by atoms with Gasteiger partial charge in [-0.3, -0.25) is 15.5 Å². The Hall–Kier alpha value is -1.92. The summed E-state index contributed by atoms with van der Waals surface area (Å²) in [6.45, 7) is 4.51. The molecule has 0 fully saturated rings. The summed E-state index contributed by atoms with van der Waals surface area (Å²) in [5, 5.41) is 4.33. The highest BCUT2D eigenvalue weighted by molar-refractivity contribution is 5.34. The van der Waals surface area contributed by atoms with Gasteiger partial charge in [-0.15, -0.1) is 0 Å². The molecule has 1 unspecified atom stereocenters. The van der Waals surface area contributed by atoms with Crippen molar-refractivity contribution in [2.24, 2.45) is 12.9 Å². The van der Waals surface area contributed by atoms with Gasteiger partial charge in [-0.1, -0.05) is 0 Å². The van der Waals surface area contributed by atoms with Gasteiger partial charge in [0, 0.05) is 25.0 Å². The topological polar surface area (TPSA) is 78.0 Å². The Morgan fingerprint density at radius 1 is 1.47 bits per heavy atom. The number of aromatic nitrogens is 3. The van der Waals surface area contributed by atoms with Crippen molar-refractivity contribution in [1.29, 1.82) is 0 Å². The van der Waals surface area contributed by atoms with Gasteiger partial charge in [-0.2, -0.15) is 5.10 Å². The molecular formula is C13H19N5O. The maximum absolute atomic E-state index is 5.68. The van der Waals surface area contributed by atoms with E-state index in [2.05, 4.69) is 15.5 Å².